The molecule has 1 aliphatic rings. The molecule has 0 amide bonds. The molecule has 0 fully saturated rings. The molecule has 0 bridgehead atoms. The van der Waals surface area contributed by atoms with E-state index in [-0.39, 0.29) is 23.4 Å². The number of nitro benzene ring substituents is 1. The minimum atomic E-state index is -0.856. The number of nitrogens with zero attached hydrogens (tertiary/aromatic N) is 3. The number of ether oxygens (including phenoxy) is 2. The molecule has 0 spiro atoms. The van der Waals surface area contributed by atoms with Crippen LogP contribution in [-0.2, 0) is 9.53 Å². The Morgan fingerprint density at radius 1 is 1.12 bits per heavy atom. The van der Waals surface area contributed by atoms with E-state index >= 15 is 0 Å². The molecule has 1 atom stereocenters. The van der Waals surface area contributed by atoms with Crippen LogP contribution in [0.4, 0.5) is 5.69 Å². The molecule has 43 heavy (non-hydrogen) atoms. The lowest BCUT2D eigenvalue weighted by Gasteiger charge is -2.27. The van der Waals surface area contributed by atoms with E-state index in [4.69, 9.17) is 13.9 Å². The zero-order valence-corrected chi connectivity index (χ0v) is 24.2. The number of furan rings is 1. The van der Waals surface area contributed by atoms with Gasteiger partial charge in [0, 0.05) is 29.3 Å². The second kappa shape index (κ2) is 11.2. The summed E-state index contributed by atoms with van der Waals surface area (Å²) in [7, 11) is 1.55. The lowest BCUT2D eigenvalue weighted by atomic mass is 9.90. The van der Waals surface area contributed by atoms with E-state index in [1.54, 1.807) is 51.3 Å². The second-order valence-electron chi connectivity index (χ2n) is 9.71. The SMILES string of the molecule is CCOC(=O)C1=C(C)N=c2s/c(=C\c3ccc(-c4ccc([N+](=O)[O-])cc4)o3)c(=O)n2C1c1c(OC)ccc2ccccc12. The van der Waals surface area contributed by atoms with Crippen LogP contribution in [0.1, 0.15) is 31.2 Å². The first-order valence-electron chi connectivity index (χ1n) is 13.4. The van der Waals surface area contributed by atoms with E-state index in [0.29, 0.717) is 43.4 Å². The maximum atomic E-state index is 14.1. The van der Waals surface area contributed by atoms with Crippen LogP contribution in [0.25, 0.3) is 28.2 Å². The number of hydrogen-bond donors (Lipinski definition) is 0. The number of rotatable bonds is 7. The highest BCUT2D eigenvalue weighted by atomic mass is 32.1. The fourth-order valence-corrected chi connectivity index (χ4v) is 6.29. The summed E-state index contributed by atoms with van der Waals surface area (Å²) >= 11 is 1.18. The molecular formula is C32H25N3O7S. The molecular weight excluding hydrogens is 570 g/mol. The van der Waals surface area contributed by atoms with Crippen LogP contribution in [0, 0.1) is 10.1 Å². The molecule has 0 saturated heterocycles. The Bertz CT molecular complexity index is 2120. The van der Waals surface area contributed by atoms with Gasteiger partial charge in [-0.25, -0.2) is 9.79 Å². The van der Waals surface area contributed by atoms with Crippen LogP contribution >= 0.6 is 11.3 Å². The summed E-state index contributed by atoms with van der Waals surface area (Å²) in [5.41, 5.74) is 1.64. The average molecular weight is 596 g/mol. The normalized spacial score (nSPS) is 14.9. The van der Waals surface area contributed by atoms with Gasteiger partial charge in [-0.1, -0.05) is 41.7 Å². The van der Waals surface area contributed by atoms with Gasteiger partial charge < -0.3 is 13.9 Å². The van der Waals surface area contributed by atoms with Gasteiger partial charge in [-0.2, -0.15) is 0 Å². The van der Waals surface area contributed by atoms with Gasteiger partial charge in [0.2, 0.25) is 0 Å². The molecule has 6 rings (SSSR count). The van der Waals surface area contributed by atoms with Gasteiger partial charge in [0.05, 0.1) is 34.4 Å². The molecule has 216 valence electrons. The van der Waals surface area contributed by atoms with Gasteiger partial charge in [0.25, 0.3) is 11.2 Å². The van der Waals surface area contributed by atoms with Crippen molar-refractivity contribution in [3.05, 3.63) is 125 Å². The zero-order valence-electron chi connectivity index (χ0n) is 23.4. The molecule has 2 aromatic heterocycles. The fraction of sp³-hybridized carbons (Fsp3) is 0.156. The third kappa shape index (κ3) is 4.93. The second-order valence-corrected chi connectivity index (χ2v) is 10.7. The van der Waals surface area contributed by atoms with Crippen molar-refractivity contribution < 1.29 is 23.6 Å². The summed E-state index contributed by atoms with van der Waals surface area (Å²) in [4.78, 5) is 43.1. The predicted molar refractivity (Wildman–Crippen MR) is 162 cm³/mol. The summed E-state index contributed by atoms with van der Waals surface area (Å²) in [6, 6.07) is 20.1. The Hall–Kier alpha value is -5.29. The van der Waals surface area contributed by atoms with E-state index in [9.17, 15) is 19.7 Å². The number of esters is 1. The highest BCUT2D eigenvalue weighted by molar-refractivity contribution is 7.07. The molecule has 0 aliphatic carbocycles. The number of hydrogen-bond acceptors (Lipinski definition) is 9. The first-order chi connectivity index (χ1) is 20.8. The molecule has 1 unspecified atom stereocenters. The topological polar surface area (TPSA) is 126 Å². The first-order valence-corrected chi connectivity index (χ1v) is 14.2. The molecule has 3 heterocycles. The maximum absolute atomic E-state index is 14.1. The van der Waals surface area contributed by atoms with E-state index in [1.807, 2.05) is 36.4 Å². The van der Waals surface area contributed by atoms with Gasteiger partial charge in [0.15, 0.2) is 4.80 Å². The summed E-state index contributed by atoms with van der Waals surface area (Å²) in [6.07, 6.45) is 1.62. The van der Waals surface area contributed by atoms with Crippen LogP contribution in [0.5, 0.6) is 5.75 Å². The Morgan fingerprint density at radius 2 is 1.88 bits per heavy atom. The molecule has 10 nitrogen and oxygen atoms in total. The minimum absolute atomic E-state index is 0.0218. The number of carbonyl (C=O) groups excluding carboxylic acids is 1. The highest BCUT2D eigenvalue weighted by Gasteiger charge is 2.36. The highest BCUT2D eigenvalue weighted by Crippen LogP contribution is 2.40. The quantitative estimate of drug-likeness (QED) is 0.145. The smallest absolute Gasteiger partial charge is 0.338 e. The fourth-order valence-electron chi connectivity index (χ4n) is 5.26. The Balaban J connectivity index is 1.53. The first kappa shape index (κ1) is 27.9. The van der Waals surface area contributed by atoms with Crippen molar-refractivity contribution in [2.75, 3.05) is 13.7 Å². The van der Waals surface area contributed by atoms with Gasteiger partial charge >= 0.3 is 5.97 Å². The number of methoxy groups -OCH3 is 1. The van der Waals surface area contributed by atoms with Gasteiger partial charge in [0.1, 0.15) is 23.3 Å². The molecule has 11 heteroatoms. The minimum Gasteiger partial charge on any atom is -0.496 e. The van der Waals surface area contributed by atoms with Crippen LogP contribution in [0.2, 0.25) is 0 Å². The van der Waals surface area contributed by atoms with Crippen LogP contribution in [0.15, 0.2) is 98.3 Å². The standard InChI is InChI=1S/C32H25N3O7S/c1-4-41-31(37)27-18(2)33-32-34(29(27)28-23-8-6-5-7-19(23)11-15-25(28)40-3)30(36)26(43-32)17-22-14-16-24(42-22)20-9-12-21(13-10-20)35(38)39/h5-17,29H,4H2,1-3H3/b26-17-. The average Bonchev–Trinajstić information content (AvgIpc) is 3.60. The molecule has 0 saturated carbocycles. The number of carbonyl (C=O) groups is 1. The van der Waals surface area contributed by atoms with Crippen LogP contribution in [-0.4, -0.2) is 29.2 Å². The number of thiazole rings is 1. The molecule has 1 aliphatic heterocycles. The molecule has 5 aromatic rings. The van der Waals surface area contributed by atoms with Crippen LogP contribution in [0.3, 0.4) is 0 Å². The third-order valence-electron chi connectivity index (χ3n) is 7.20. The van der Waals surface area contributed by atoms with Crippen molar-refractivity contribution in [3.8, 4) is 17.1 Å². The van der Waals surface area contributed by atoms with Crippen molar-refractivity contribution in [2.24, 2.45) is 4.99 Å². The molecule has 0 radical (unpaired) electrons. The van der Waals surface area contributed by atoms with Crippen molar-refractivity contribution >= 4 is 39.8 Å². The van der Waals surface area contributed by atoms with Crippen molar-refractivity contribution in [2.45, 2.75) is 19.9 Å². The van der Waals surface area contributed by atoms with Gasteiger partial charge in [-0.15, -0.1) is 0 Å². The summed E-state index contributed by atoms with van der Waals surface area (Å²) in [6.45, 7) is 3.62. The maximum Gasteiger partial charge on any atom is 0.338 e. The number of benzene rings is 3. The Labute approximate surface area is 248 Å². The monoisotopic (exact) mass is 595 g/mol. The Kier molecular flexibility index (Phi) is 7.24. The third-order valence-corrected chi connectivity index (χ3v) is 8.19. The zero-order chi connectivity index (χ0) is 30.2. The van der Waals surface area contributed by atoms with Crippen molar-refractivity contribution in [3.63, 3.8) is 0 Å². The number of allylic oxidation sites excluding steroid dienone is 1. The summed E-state index contributed by atoms with van der Waals surface area (Å²) < 4.78 is 19.1. The van der Waals surface area contributed by atoms with Crippen molar-refractivity contribution in [1.82, 2.24) is 4.57 Å². The van der Waals surface area contributed by atoms with Gasteiger partial charge in [-0.05, 0) is 55.0 Å². The van der Waals surface area contributed by atoms with Crippen LogP contribution < -0.4 is 19.6 Å². The number of nitro groups is 1. The van der Waals surface area contributed by atoms with E-state index in [0.717, 1.165) is 10.8 Å². The lowest BCUT2D eigenvalue weighted by Crippen LogP contribution is -2.40. The predicted octanol–water partition coefficient (Wildman–Crippen LogP) is 5.13. The largest absolute Gasteiger partial charge is 0.496 e. The molecule has 0 N–H and O–H groups in total. The number of fused-ring (bicyclic) bond motifs is 2. The summed E-state index contributed by atoms with van der Waals surface area (Å²) in [5, 5.41) is 12.8. The van der Waals surface area contributed by atoms with Gasteiger partial charge in [-0.3, -0.25) is 19.5 Å². The molecule has 3 aromatic carbocycles. The summed E-state index contributed by atoms with van der Waals surface area (Å²) in [5.74, 6) is 0.873. The number of non-ortho nitro benzene ring substituents is 1. The van der Waals surface area contributed by atoms with E-state index < -0.39 is 16.9 Å². The number of aromatic nitrogens is 1. The van der Waals surface area contributed by atoms with E-state index in [1.165, 1.54) is 28.0 Å². The lowest BCUT2D eigenvalue weighted by molar-refractivity contribution is -0.384. The Morgan fingerprint density at radius 3 is 2.60 bits per heavy atom. The van der Waals surface area contributed by atoms with Crippen molar-refractivity contribution in [1.29, 1.82) is 0 Å². The van der Waals surface area contributed by atoms with E-state index in [2.05, 4.69) is 4.99 Å².